The molecule has 1 nitrogen and oxygen atoms in total. The van der Waals surface area contributed by atoms with Gasteiger partial charge >= 0.3 is 0 Å². The Morgan fingerprint density at radius 2 is 1.58 bits per heavy atom. The molecule has 0 fully saturated rings. The summed E-state index contributed by atoms with van der Waals surface area (Å²) >= 11 is 11.7. The quantitative estimate of drug-likeness (QED) is 0.727. The first-order valence-electron chi connectivity index (χ1n) is 5.52. The standard InChI is InChI=1S/C14H10Cl2F2O/c15-7-9-11(16)3-1-6-14(9)19-8-10-12(17)4-2-5-13(10)18/h1-6H,7-8H2. The van der Waals surface area contributed by atoms with Crippen molar-refractivity contribution in [3.8, 4) is 5.75 Å². The van der Waals surface area contributed by atoms with Gasteiger partial charge in [-0.3, -0.25) is 0 Å². The third kappa shape index (κ3) is 3.17. The van der Waals surface area contributed by atoms with Gasteiger partial charge in [0, 0.05) is 10.6 Å². The smallest absolute Gasteiger partial charge is 0.132 e. The molecule has 100 valence electrons. The molecule has 0 spiro atoms. The van der Waals surface area contributed by atoms with E-state index >= 15 is 0 Å². The Bertz CT molecular complexity index is 567. The Labute approximate surface area is 119 Å². The average molecular weight is 303 g/mol. The Morgan fingerprint density at radius 1 is 0.947 bits per heavy atom. The van der Waals surface area contributed by atoms with Gasteiger partial charge in [0.1, 0.15) is 24.0 Å². The predicted octanol–water partition coefficient (Wildman–Crippen LogP) is 4.94. The number of halogens is 4. The van der Waals surface area contributed by atoms with Gasteiger partial charge in [-0.15, -0.1) is 11.6 Å². The molecule has 0 aromatic heterocycles. The van der Waals surface area contributed by atoms with Crippen molar-refractivity contribution in [3.05, 3.63) is 64.2 Å². The highest BCUT2D eigenvalue weighted by molar-refractivity contribution is 6.32. The third-order valence-electron chi connectivity index (χ3n) is 2.64. The Kier molecular flexibility index (Phi) is 4.61. The van der Waals surface area contributed by atoms with Gasteiger partial charge in [0.05, 0.1) is 11.4 Å². The molecule has 2 aromatic rings. The molecule has 0 aliphatic heterocycles. The first kappa shape index (κ1) is 14.1. The van der Waals surface area contributed by atoms with E-state index < -0.39 is 11.6 Å². The first-order chi connectivity index (χ1) is 9.13. The van der Waals surface area contributed by atoms with E-state index in [9.17, 15) is 8.78 Å². The van der Waals surface area contributed by atoms with Crippen LogP contribution in [0.2, 0.25) is 5.02 Å². The van der Waals surface area contributed by atoms with Crippen LogP contribution in [0.3, 0.4) is 0 Å². The van der Waals surface area contributed by atoms with Crippen LogP contribution in [0.5, 0.6) is 5.75 Å². The number of hydrogen-bond donors (Lipinski definition) is 0. The molecule has 0 N–H and O–H groups in total. The van der Waals surface area contributed by atoms with Crippen LogP contribution in [-0.2, 0) is 12.5 Å². The third-order valence-corrected chi connectivity index (χ3v) is 3.26. The molecule has 0 saturated carbocycles. The van der Waals surface area contributed by atoms with Crippen molar-refractivity contribution in [2.45, 2.75) is 12.5 Å². The number of hydrogen-bond acceptors (Lipinski definition) is 1. The lowest BCUT2D eigenvalue weighted by Gasteiger charge is -2.12. The van der Waals surface area contributed by atoms with E-state index in [1.54, 1.807) is 18.2 Å². The van der Waals surface area contributed by atoms with E-state index in [0.29, 0.717) is 16.3 Å². The Hall–Kier alpha value is -1.32. The molecule has 5 heteroatoms. The largest absolute Gasteiger partial charge is 0.488 e. The zero-order valence-electron chi connectivity index (χ0n) is 9.80. The molecule has 0 bridgehead atoms. The summed E-state index contributed by atoms with van der Waals surface area (Å²) in [7, 11) is 0. The van der Waals surface area contributed by atoms with Crippen molar-refractivity contribution in [2.24, 2.45) is 0 Å². The Balaban J connectivity index is 2.22. The highest BCUT2D eigenvalue weighted by Crippen LogP contribution is 2.29. The molecular formula is C14H10Cl2F2O. The SMILES string of the molecule is Fc1cccc(F)c1COc1cccc(Cl)c1CCl. The zero-order valence-corrected chi connectivity index (χ0v) is 11.3. The van der Waals surface area contributed by atoms with Gasteiger partial charge in [-0.1, -0.05) is 23.7 Å². The van der Waals surface area contributed by atoms with Crippen LogP contribution in [0.15, 0.2) is 36.4 Å². The minimum absolute atomic E-state index is 0.122. The summed E-state index contributed by atoms with van der Waals surface area (Å²) in [4.78, 5) is 0. The summed E-state index contributed by atoms with van der Waals surface area (Å²) < 4.78 is 32.3. The molecule has 0 amide bonds. The molecule has 0 unspecified atom stereocenters. The fourth-order valence-electron chi connectivity index (χ4n) is 1.62. The van der Waals surface area contributed by atoms with Crippen molar-refractivity contribution < 1.29 is 13.5 Å². The Morgan fingerprint density at radius 3 is 2.21 bits per heavy atom. The van der Waals surface area contributed by atoms with Crippen LogP contribution in [0.1, 0.15) is 11.1 Å². The molecule has 0 aliphatic rings. The minimum atomic E-state index is -0.644. The summed E-state index contributed by atoms with van der Waals surface area (Å²) in [5, 5.41) is 0.460. The summed E-state index contributed by atoms with van der Waals surface area (Å²) in [5.41, 5.74) is 0.477. The van der Waals surface area contributed by atoms with E-state index in [4.69, 9.17) is 27.9 Å². The second kappa shape index (κ2) is 6.22. The second-order valence-electron chi connectivity index (χ2n) is 3.84. The van der Waals surface area contributed by atoms with Gasteiger partial charge in [-0.05, 0) is 24.3 Å². The minimum Gasteiger partial charge on any atom is -0.488 e. The lowest BCUT2D eigenvalue weighted by molar-refractivity contribution is 0.290. The van der Waals surface area contributed by atoms with Crippen LogP contribution in [0.4, 0.5) is 8.78 Å². The maximum absolute atomic E-state index is 13.4. The van der Waals surface area contributed by atoms with Gasteiger partial charge in [-0.25, -0.2) is 8.78 Å². The van der Waals surface area contributed by atoms with E-state index in [1.807, 2.05) is 0 Å². The van der Waals surface area contributed by atoms with Gasteiger partial charge in [0.2, 0.25) is 0 Å². The average Bonchev–Trinajstić information content (AvgIpc) is 2.38. The molecule has 19 heavy (non-hydrogen) atoms. The molecule has 0 atom stereocenters. The van der Waals surface area contributed by atoms with Crippen molar-refractivity contribution >= 4 is 23.2 Å². The van der Waals surface area contributed by atoms with Crippen LogP contribution in [0, 0.1) is 11.6 Å². The maximum atomic E-state index is 13.4. The summed E-state index contributed by atoms with van der Waals surface area (Å²) in [6.07, 6.45) is 0. The lowest BCUT2D eigenvalue weighted by atomic mass is 10.2. The summed E-state index contributed by atoms with van der Waals surface area (Å²) in [6, 6.07) is 8.69. The monoisotopic (exact) mass is 302 g/mol. The van der Waals surface area contributed by atoms with E-state index in [0.717, 1.165) is 0 Å². The van der Waals surface area contributed by atoms with Gasteiger partial charge < -0.3 is 4.74 Å². The fraction of sp³-hybridized carbons (Fsp3) is 0.143. The highest BCUT2D eigenvalue weighted by Gasteiger charge is 2.11. The second-order valence-corrected chi connectivity index (χ2v) is 4.51. The molecule has 2 rings (SSSR count). The topological polar surface area (TPSA) is 9.23 Å². The molecule has 0 saturated heterocycles. The number of rotatable bonds is 4. The predicted molar refractivity (Wildman–Crippen MR) is 71.7 cm³/mol. The zero-order chi connectivity index (χ0) is 13.8. The highest BCUT2D eigenvalue weighted by atomic mass is 35.5. The van der Waals surface area contributed by atoms with Crippen molar-refractivity contribution in [1.82, 2.24) is 0 Å². The van der Waals surface area contributed by atoms with Gasteiger partial charge in [0.15, 0.2) is 0 Å². The molecular weight excluding hydrogens is 293 g/mol. The van der Waals surface area contributed by atoms with E-state index in [1.165, 1.54) is 18.2 Å². The molecule has 0 radical (unpaired) electrons. The van der Waals surface area contributed by atoms with Crippen molar-refractivity contribution in [3.63, 3.8) is 0 Å². The lowest BCUT2D eigenvalue weighted by Crippen LogP contribution is -2.03. The normalized spacial score (nSPS) is 10.5. The molecule has 0 aliphatic carbocycles. The summed E-state index contributed by atoms with van der Waals surface area (Å²) in [6.45, 7) is -0.220. The van der Waals surface area contributed by atoms with Crippen LogP contribution >= 0.6 is 23.2 Å². The van der Waals surface area contributed by atoms with Crippen LogP contribution < -0.4 is 4.74 Å². The van der Waals surface area contributed by atoms with E-state index in [-0.39, 0.29) is 18.1 Å². The molecule has 2 aromatic carbocycles. The fourth-order valence-corrected chi connectivity index (χ4v) is 2.20. The first-order valence-corrected chi connectivity index (χ1v) is 6.43. The van der Waals surface area contributed by atoms with Gasteiger partial charge in [0.25, 0.3) is 0 Å². The number of alkyl halides is 1. The molecule has 0 heterocycles. The van der Waals surface area contributed by atoms with Crippen molar-refractivity contribution in [2.75, 3.05) is 0 Å². The summed E-state index contributed by atoms with van der Waals surface area (Å²) in [5.74, 6) is -0.705. The number of benzene rings is 2. The van der Waals surface area contributed by atoms with Gasteiger partial charge in [-0.2, -0.15) is 0 Å². The maximum Gasteiger partial charge on any atom is 0.132 e. The van der Waals surface area contributed by atoms with Crippen LogP contribution in [0.25, 0.3) is 0 Å². The number of ether oxygens (including phenoxy) is 1. The van der Waals surface area contributed by atoms with E-state index in [2.05, 4.69) is 0 Å². The van der Waals surface area contributed by atoms with Crippen molar-refractivity contribution in [1.29, 1.82) is 0 Å². The van der Waals surface area contributed by atoms with Crippen LogP contribution in [-0.4, -0.2) is 0 Å².